The minimum absolute atomic E-state index is 0.0327. The molecule has 2 aromatic carbocycles. The maximum Gasteiger partial charge on any atom is 0.119 e. The quantitative estimate of drug-likeness (QED) is 0.878. The molecular formula is C19H23NO2. The summed E-state index contributed by atoms with van der Waals surface area (Å²) in [5, 5.41) is 0. The number of hydrogen-bond donors (Lipinski definition) is 1. The second-order valence-corrected chi connectivity index (χ2v) is 5.98. The van der Waals surface area contributed by atoms with E-state index in [1.807, 2.05) is 19.1 Å². The van der Waals surface area contributed by atoms with Gasteiger partial charge in [-0.25, -0.2) is 0 Å². The molecule has 1 aliphatic carbocycles. The van der Waals surface area contributed by atoms with Crippen LogP contribution >= 0.6 is 0 Å². The second-order valence-electron chi connectivity index (χ2n) is 5.98. The minimum Gasteiger partial charge on any atom is -0.490 e. The molecule has 3 heteroatoms. The monoisotopic (exact) mass is 297 g/mol. The lowest BCUT2D eigenvalue weighted by atomic mass is 9.99. The summed E-state index contributed by atoms with van der Waals surface area (Å²) in [4.78, 5) is 0. The average molecular weight is 297 g/mol. The summed E-state index contributed by atoms with van der Waals surface area (Å²) in [5.74, 6) is 0.958. The molecule has 0 aromatic heterocycles. The van der Waals surface area contributed by atoms with Crippen molar-refractivity contribution in [2.24, 2.45) is 5.73 Å². The maximum atomic E-state index is 5.95. The fraction of sp³-hybridized carbons (Fsp3) is 0.368. The number of ether oxygens (including phenoxy) is 2. The second kappa shape index (κ2) is 6.51. The van der Waals surface area contributed by atoms with Crippen LogP contribution in [0.15, 0.2) is 48.5 Å². The molecule has 0 amide bonds. The van der Waals surface area contributed by atoms with Gasteiger partial charge in [0.1, 0.15) is 5.75 Å². The van der Waals surface area contributed by atoms with Gasteiger partial charge in [-0.05, 0) is 48.6 Å². The molecular weight excluding hydrogens is 274 g/mol. The highest BCUT2D eigenvalue weighted by Gasteiger charge is 2.23. The van der Waals surface area contributed by atoms with Gasteiger partial charge in [0.05, 0.1) is 12.2 Å². The standard InChI is InChI=1S/C19H23NO2/c1-13(20)19(21-2)16-5-3-14(4-6-16)15-7-9-17(10-8-15)22-18-11-12-18/h3-10,13,18-19H,11-12,20H2,1-2H3. The zero-order valence-electron chi connectivity index (χ0n) is 13.2. The number of methoxy groups -OCH3 is 1. The topological polar surface area (TPSA) is 44.5 Å². The molecule has 22 heavy (non-hydrogen) atoms. The summed E-state index contributed by atoms with van der Waals surface area (Å²) in [6.07, 6.45) is 2.74. The molecule has 0 saturated heterocycles. The summed E-state index contributed by atoms with van der Waals surface area (Å²) < 4.78 is 11.2. The predicted octanol–water partition coefficient (Wildman–Crippen LogP) is 3.93. The van der Waals surface area contributed by atoms with Gasteiger partial charge in [0.2, 0.25) is 0 Å². The van der Waals surface area contributed by atoms with Crippen LogP contribution in [-0.2, 0) is 4.74 Å². The van der Waals surface area contributed by atoms with E-state index in [-0.39, 0.29) is 12.1 Å². The van der Waals surface area contributed by atoms with Gasteiger partial charge < -0.3 is 15.2 Å². The van der Waals surface area contributed by atoms with Crippen molar-refractivity contribution in [3.05, 3.63) is 54.1 Å². The van der Waals surface area contributed by atoms with E-state index in [1.54, 1.807) is 7.11 Å². The third-order valence-corrected chi connectivity index (χ3v) is 3.99. The minimum atomic E-state index is -0.0663. The van der Waals surface area contributed by atoms with Crippen molar-refractivity contribution < 1.29 is 9.47 Å². The van der Waals surface area contributed by atoms with Crippen molar-refractivity contribution in [2.75, 3.05) is 7.11 Å². The van der Waals surface area contributed by atoms with Gasteiger partial charge in [-0.1, -0.05) is 36.4 Å². The summed E-state index contributed by atoms with van der Waals surface area (Å²) in [6.45, 7) is 1.96. The molecule has 1 saturated carbocycles. The zero-order valence-corrected chi connectivity index (χ0v) is 13.2. The summed E-state index contributed by atoms with van der Waals surface area (Å²) in [5.41, 5.74) is 9.42. The highest BCUT2D eigenvalue weighted by molar-refractivity contribution is 5.64. The Morgan fingerprint density at radius 1 is 0.955 bits per heavy atom. The fourth-order valence-corrected chi connectivity index (χ4v) is 2.62. The highest BCUT2D eigenvalue weighted by atomic mass is 16.5. The first-order chi connectivity index (χ1) is 10.7. The van der Waals surface area contributed by atoms with Crippen LogP contribution in [0.1, 0.15) is 31.4 Å². The van der Waals surface area contributed by atoms with Gasteiger partial charge in [-0.2, -0.15) is 0 Å². The molecule has 0 bridgehead atoms. The summed E-state index contributed by atoms with van der Waals surface area (Å²) >= 11 is 0. The third kappa shape index (κ3) is 3.49. The number of hydrogen-bond acceptors (Lipinski definition) is 3. The number of rotatable bonds is 6. The molecule has 0 radical (unpaired) electrons. The maximum absolute atomic E-state index is 5.95. The molecule has 3 nitrogen and oxygen atoms in total. The predicted molar refractivity (Wildman–Crippen MR) is 88.9 cm³/mol. The van der Waals surface area contributed by atoms with Crippen molar-refractivity contribution in [3.63, 3.8) is 0 Å². The van der Waals surface area contributed by atoms with Crippen LogP contribution in [0.5, 0.6) is 5.75 Å². The highest BCUT2D eigenvalue weighted by Crippen LogP contribution is 2.29. The van der Waals surface area contributed by atoms with Crippen LogP contribution in [0.25, 0.3) is 11.1 Å². The van der Waals surface area contributed by atoms with Gasteiger partial charge in [-0.3, -0.25) is 0 Å². The van der Waals surface area contributed by atoms with E-state index in [0.29, 0.717) is 6.10 Å². The lowest BCUT2D eigenvalue weighted by Gasteiger charge is -2.19. The van der Waals surface area contributed by atoms with Gasteiger partial charge in [-0.15, -0.1) is 0 Å². The molecule has 116 valence electrons. The van der Waals surface area contributed by atoms with Gasteiger partial charge in [0.25, 0.3) is 0 Å². The van der Waals surface area contributed by atoms with E-state index in [2.05, 4.69) is 36.4 Å². The lowest BCUT2D eigenvalue weighted by Crippen LogP contribution is -2.25. The molecule has 3 rings (SSSR count). The number of benzene rings is 2. The van der Waals surface area contributed by atoms with Crippen LogP contribution in [0.4, 0.5) is 0 Å². The van der Waals surface area contributed by atoms with Crippen molar-refractivity contribution in [1.82, 2.24) is 0 Å². The van der Waals surface area contributed by atoms with E-state index in [1.165, 1.54) is 24.0 Å². The molecule has 0 aliphatic heterocycles. The average Bonchev–Trinajstić information content (AvgIpc) is 3.33. The largest absolute Gasteiger partial charge is 0.490 e. The van der Waals surface area contributed by atoms with Crippen molar-refractivity contribution in [3.8, 4) is 16.9 Å². The first-order valence-electron chi connectivity index (χ1n) is 7.83. The molecule has 0 heterocycles. The van der Waals surface area contributed by atoms with Gasteiger partial charge in [0.15, 0.2) is 0 Å². The Morgan fingerprint density at radius 3 is 1.95 bits per heavy atom. The van der Waals surface area contributed by atoms with E-state index >= 15 is 0 Å². The van der Waals surface area contributed by atoms with Crippen LogP contribution in [0.2, 0.25) is 0 Å². The van der Waals surface area contributed by atoms with E-state index in [4.69, 9.17) is 15.2 Å². The Balaban J connectivity index is 1.74. The van der Waals surface area contributed by atoms with Crippen LogP contribution < -0.4 is 10.5 Å². The molecule has 2 N–H and O–H groups in total. The first-order valence-corrected chi connectivity index (χ1v) is 7.83. The molecule has 2 unspecified atom stereocenters. The molecule has 1 fully saturated rings. The first kappa shape index (κ1) is 15.1. The van der Waals surface area contributed by atoms with Crippen molar-refractivity contribution in [2.45, 2.75) is 38.0 Å². The summed E-state index contributed by atoms with van der Waals surface area (Å²) in [7, 11) is 1.69. The zero-order chi connectivity index (χ0) is 15.5. The Labute approximate surface area is 132 Å². The molecule has 2 aromatic rings. The third-order valence-electron chi connectivity index (χ3n) is 3.99. The Kier molecular flexibility index (Phi) is 4.46. The van der Waals surface area contributed by atoms with E-state index < -0.39 is 0 Å². The van der Waals surface area contributed by atoms with Crippen molar-refractivity contribution >= 4 is 0 Å². The van der Waals surface area contributed by atoms with Gasteiger partial charge in [0, 0.05) is 13.2 Å². The molecule has 2 atom stereocenters. The SMILES string of the molecule is COC(c1ccc(-c2ccc(OC3CC3)cc2)cc1)C(C)N. The Bertz CT molecular complexity index is 600. The Morgan fingerprint density at radius 2 is 1.50 bits per heavy atom. The van der Waals surface area contributed by atoms with Crippen LogP contribution in [0.3, 0.4) is 0 Å². The fourth-order valence-electron chi connectivity index (χ4n) is 2.62. The van der Waals surface area contributed by atoms with Crippen LogP contribution in [0, 0.1) is 0 Å². The van der Waals surface area contributed by atoms with E-state index in [9.17, 15) is 0 Å². The van der Waals surface area contributed by atoms with Gasteiger partial charge >= 0.3 is 0 Å². The lowest BCUT2D eigenvalue weighted by molar-refractivity contribution is 0.0854. The smallest absolute Gasteiger partial charge is 0.119 e. The number of nitrogens with two attached hydrogens (primary N) is 1. The van der Waals surface area contributed by atoms with Crippen LogP contribution in [-0.4, -0.2) is 19.3 Å². The molecule has 0 spiro atoms. The normalized spacial score (nSPS) is 17.0. The summed E-state index contributed by atoms with van der Waals surface area (Å²) in [6, 6.07) is 16.7. The Hall–Kier alpha value is -1.84. The van der Waals surface area contributed by atoms with Crippen molar-refractivity contribution in [1.29, 1.82) is 0 Å². The van der Waals surface area contributed by atoms with E-state index in [0.717, 1.165) is 11.3 Å². The molecule has 1 aliphatic rings.